The molecule has 1 atom stereocenters. The molecule has 4 rings (SSSR count). The third kappa shape index (κ3) is 3.54. The van der Waals surface area contributed by atoms with Crippen molar-refractivity contribution in [2.24, 2.45) is 0 Å². The van der Waals surface area contributed by atoms with Gasteiger partial charge in [-0.2, -0.15) is 4.98 Å². The normalized spacial score (nSPS) is 17.7. The molecule has 1 N–H and O–H groups in total. The fourth-order valence-electron chi connectivity index (χ4n) is 3.32. The van der Waals surface area contributed by atoms with Crippen LogP contribution in [0.1, 0.15) is 24.1 Å². The zero-order valence-electron chi connectivity index (χ0n) is 14.8. The third-order valence-corrected chi connectivity index (χ3v) is 5.25. The molecule has 0 saturated carbocycles. The molecule has 1 aromatic carbocycles. The monoisotopic (exact) mass is 391 g/mol. The van der Waals surface area contributed by atoms with Crippen LogP contribution in [0.25, 0.3) is 5.65 Å². The fraction of sp³-hybridized carbons (Fsp3) is 0.389. The molecule has 0 aliphatic carbocycles. The lowest BCUT2D eigenvalue weighted by atomic mass is 10.1. The summed E-state index contributed by atoms with van der Waals surface area (Å²) in [6, 6.07) is 4.88. The first-order valence-electron chi connectivity index (χ1n) is 8.72. The molecule has 0 unspecified atom stereocenters. The zero-order chi connectivity index (χ0) is 19.0. The van der Waals surface area contributed by atoms with Crippen LogP contribution >= 0.6 is 11.6 Å². The standard InChI is InChI=1S/C18H19ClFN5O2/c1-24-7-3-4-11(24)10-27-18-22-17(26)16-21-9-12(25(16)23-18)8-13-14(19)5-2-6-15(13)20/h2,5-6,9,11H,3-4,7-8,10H2,1H3,(H,22,23,26)/t11-/m0/s1. The van der Waals surface area contributed by atoms with Gasteiger partial charge in [0.05, 0.1) is 11.9 Å². The molecule has 1 aliphatic rings. The number of nitrogens with zero attached hydrogens (tertiary/aromatic N) is 5. The Kier molecular flexibility index (Phi) is 4.84. The second kappa shape index (κ2) is 7.28. The number of hydrogen-bond acceptors (Lipinski definition) is 6. The quantitative estimate of drug-likeness (QED) is 0.720. The minimum absolute atomic E-state index is 0.0548. The predicted molar refractivity (Wildman–Crippen MR) is 97.8 cm³/mol. The van der Waals surface area contributed by atoms with Crippen LogP contribution in [0, 0.1) is 5.82 Å². The highest BCUT2D eigenvalue weighted by molar-refractivity contribution is 6.31. The number of fused-ring (bicyclic) bond motifs is 1. The molecule has 1 fully saturated rings. The van der Waals surface area contributed by atoms with Crippen LogP contribution in [0.4, 0.5) is 4.39 Å². The molecule has 3 aromatic rings. The van der Waals surface area contributed by atoms with E-state index < -0.39 is 5.82 Å². The summed E-state index contributed by atoms with van der Waals surface area (Å²) in [6.45, 7) is 1.47. The lowest BCUT2D eigenvalue weighted by Crippen LogP contribution is -2.31. The molecule has 142 valence electrons. The van der Waals surface area contributed by atoms with Gasteiger partial charge in [-0.25, -0.2) is 13.9 Å². The van der Waals surface area contributed by atoms with E-state index in [1.54, 1.807) is 12.1 Å². The van der Waals surface area contributed by atoms with Gasteiger partial charge in [-0.15, -0.1) is 5.10 Å². The smallest absolute Gasteiger partial charge is 0.337 e. The maximum absolute atomic E-state index is 14.1. The van der Waals surface area contributed by atoms with Gasteiger partial charge >= 0.3 is 6.01 Å². The largest absolute Gasteiger partial charge is 0.490 e. The van der Waals surface area contributed by atoms with Crippen LogP contribution in [0.15, 0.2) is 24.4 Å². The number of benzene rings is 1. The van der Waals surface area contributed by atoms with Crippen molar-refractivity contribution >= 4 is 17.2 Å². The van der Waals surface area contributed by atoms with Crippen molar-refractivity contribution in [3.63, 3.8) is 0 Å². The lowest BCUT2D eigenvalue weighted by Gasteiger charge is -2.18. The van der Waals surface area contributed by atoms with E-state index in [-0.39, 0.29) is 24.0 Å². The van der Waals surface area contributed by atoms with Crippen molar-refractivity contribution in [3.05, 3.63) is 46.5 Å². The second-order valence-electron chi connectivity index (χ2n) is 6.67. The summed E-state index contributed by atoms with van der Waals surface area (Å²) >= 11 is 6.12. The molecule has 1 aliphatic heterocycles. The van der Waals surface area contributed by atoms with Crippen LogP contribution in [0.2, 0.25) is 5.02 Å². The Balaban J connectivity index is 1.62. The van der Waals surface area contributed by atoms with Gasteiger partial charge in [-0.05, 0) is 38.6 Å². The Hall–Kier alpha value is -2.45. The van der Waals surface area contributed by atoms with Crippen LogP contribution in [0.3, 0.4) is 0 Å². The minimum atomic E-state index is -0.406. The van der Waals surface area contributed by atoms with E-state index in [1.807, 2.05) is 0 Å². The molecular formula is C18H19ClFN5O2. The molecule has 0 spiro atoms. The van der Waals surface area contributed by atoms with Crippen LogP contribution < -0.4 is 4.74 Å². The molecule has 9 heteroatoms. The summed E-state index contributed by atoms with van der Waals surface area (Å²) in [4.78, 5) is 10.3. The van der Waals surface area contributed by atoms with Crippen molar-refractivity contribution < 1.29 is 14.2 Å². The molecule has 0 radical (unpaired) electrons. The Morgan fingerprint density at radius 2 is 2.26 bits per heavy atom. The Morgan fingerprint density at radius 3 is 3.00 bits per heavy atom. The minimum Gasteiger partial charge on any atom is -0.490 e. The van der Waals surface area contributed by atoms with Gasteiger partial charge < -0.3 is 14.7 Å². The molecule has 0 bridgehead atoms. The predicted octanol–water partition coefficient (Wildman–Crippen LogP) is 2.69. The van der Waals surface area contributed by atoms with Crippen LogP contribution in [-0.4, -0.2) is 55.8 Å². The first-order chi connectivity index (χ1) is 13.0. The Morgan fingerprint density at radius 1 is 1.41 bits per heavy atom. The van der Waals surface area contributed by atoms with Gasteiger partial charge in [-0.3, -0.25) is 0 Å². The zero-order valence-corrected chi connectivity index (χ0v) is 15.5. The maximum atomic E-state index is 14.1. The molecule has 0 amide bonds. The van der Waals surface area contributed by atoms with Gasteiger partial charge in [0, 0.05) is 23.0 Å². The van der Waals surface area contributed by atoms with E-state index in [4.69, 9.17) is 16.3 Å². The number of likely N-dealkylation sites (tertiary alicyclic amines) is 1. The Bertz CT molecular complexity index is 960. The van der Waals surface area contributed by atoms with E-state index in [2.05, 4.69) is 27.0 Å². The van der Waals surface area contributed by atoms with Gasteiger partial charge in [0.15, 0.2) is 0 Å². The molecule has 27 heavy (non-hydrogen) atoms. The SMILES string of the molecule is CN1CCC[C@H]1COc1nc(O)c2ncc(Cc3c(F)cccc3Cl)n2n1. The number of aromatic nitrogens is 4. The summed E-state index contributed by atoms with van der Waals surface area (Å²) in [6.07, 6.45) is 3.87. The topological polar surface area (TPSA) is 75.8 Å². The second-order valence-corrected chi connectivity index (χ2v) is 7.07. The third-order valence-electron chi connectivity index (χ3n) is 4.89. The first-order valence-corrected chi connectivity index (χ1v) is 9.10. The number of aromatic hydroxyl groups is 1. The van der Waals surface area contributed by atoms with E-state index in [0.29, 0.717) is 28.9 Å². The number of imidazole rings is 1. The highest BCUT2D eigenvalue weighted by Crippen LogP contribution is 2.25. The van der Waals surface area contributed by atoms with Gasteiger partial charge in [0.25, 0.3) is 5.88 Å². The molecular weight excluding hydrogens is 373 g/mol. The number of halogens is 2. The molecule has 7 nitrogen and oxygen atoms in total. The van der Waals surface area contributed by atoms with Crippen molar-refractivity contribution in [3.8, 4) is 11.9 Å². The van der Waals surface area contributed by atoms with Crippen molar-refractivity contribution in [1.82, 2.24) is 24.5 Å². The number of likely N-dealkylation sites (N-methyl/N-ethyl adjacent to an activating group) is 1. The number of rotatable bonds is 5. The number of ether oxygens (including phenoxy) is 1. The van der Waals surface area contributed by atoms with E-state index >= 15 is 0 Å². The highest BCUT2D eigenvalue weighted by Gasteiger charge is 2.22. The maximum Gasteiger partial charge on any atom is 0.337 e. The number of hydrogen-bond donors (Lipinski definition) is 1. The highest BCUT2D eigenvalue weighted by atomic mass is 35.5. The van der Waals surface area contributed by atoms with Gasteiger partial charge in [0.2, 0.25) is 5.65 Å². The molecule has 3 heterocycles. The van der Waals surface area contributed by atoms with Crippen LogP contribution in [0.5, 0.6) is 11.9 Å². The fourth-order valence-corrected chi connectivity index (χ4v) is 3.55. The van der Waals surface area contributed by atoms with E-state index in [1.165, 1.54) is 16.8 Å². The Labute approximate surface area is 160 Å². The van der Waals surface area contributed by atoms with Crippen molar-refractivity contribution in [2.75, 3.05) is 20.2 Å². The van der Waals surface area contributed by atoms with E-state index in [0.717, 1.165) is 19.4 Å². The van der Waals surface area contributed by atoms with E-state index in [9.17, 15) is 9.50 Å². The first kappa shape index (κ1) is 17.9. The summed E-state index contributed by atoms with van der Waals surface area (Å²) in [7, 11) is 2.05. The van der Waals surface area contributed by atoms with Gasteiger partial charge in [-0.1, -0.05) is 17.7 Å². The van der Waals surface area contributed by atoms with Crippen molar-refractivity contribution in [1.29, 1.82) is 0 Å². The summed E-state index contributed by atoms with van der Waals surface area (Å²) in [5, 5.41) is 14.8. The summed E-state index contributed by atoms with van der Waals surface area (Å²) in [5.74, 6) is -0.692. The summed E-state index contributed by atoms with van der Waals surface area (Å²) < 4.78 is 21.2. The van der Waals surface area contributed by atoms with Crippen molar-refractivity contribution in [2.45, 2.75) is 25.3 Å². The average Bonchev–Trinajstić information content (AvgIpc) is 3.23. The van der Waals surface area contributed by atoms with Gasteiger partial charge in [0.1, 0.15) is 12.4 Å². The molecule has 1 saturated heterocycles. The molecule has 2 aromatic heterocycles. The van der Waals surface area contributed by atoms with Crippen LogP contribution in [-0.2, 0) is 6.42 Å². The summed E-state index contributed by atoms with van der Waals surface area (Å²) in [5.41, 5.74) is 1.09. The average molecular weight is 392 g/mol. The lowest BCUT2D eigenvalue weighted by molar-refractivity contribution is 0.184.